The van der Waals surface area contributed by atoms with Gasteiger partial charge in [0.25, 0.3) is 0 Å². The molecule has 2 heterocycles. The van der Waals surface area contributed by atoms with E-state index in [2.05, 4.69) is 20.8 Å². The summed E-state index contributed by atoms with van der Waals surface area (Å²) in [4.78, 5) is 14.1. The zero-order valence-corrected chi connectivity index (χ0v) is 29.9. The van der Waals surface area contributed by atoms with Crippen molar-refractivity contribution >= 4 is 5.97 Å². The number of fused-ring (bicyclic) bond motifs is 2. The largest absolute Gasteiger partial charge is 0.432 e. The Labute approximate surface area is 289 Å². The molecule has 0 unspecified atom stereocenters. The standard InChI is InChI=1S/C37H60O12/c1-17(2)37(46)14-20(48-31(37)45)18(3)19-9-10-33(5)22-7-8-23-34(6,30(44)49-29-28(43)27(42)26(41)21(15-38)47-29)24(39)13-25(40)36(23)16-35(22,36)12-11-32(19,33)4/h17-29,31,38-43,45-46H,7-16H2,1-6H3/t18-,19-,20-,21-,22+,23+,24+,25+,26-,27+,28-,29+,31-,32-,33+,34+,35+,36-,37+/m1/s1. The maximum absolute atomic E-state index is 14.1. The van der Waals surface area contributed by atoms with Crippen LogP contribution in [0.15, 0.2) is 0 Å². The molecule has 5 saturated carbocycles. The molecule has 0 aromatic rings. The van der Waals surface area contributed by atoms with Gasteiger partial charge in [0, 0.05) is 18.3 Å². The van der Waals surface area contributed by atoms with Crippen LogP contribution in [0.5, 0.6) is 0 Å². The van der Waals surface area contributed by atoms with Gasteiger partial charge in [-0.05, 0) is 97.7 Å². The van der Waals surface area contributed by atoms with Crippen molar-refractivity contribution in [1.29, 1.82) is 0 Å². The minimum atomic E-state index is -1.75. The molecule has 0 bridgehead atoms. The number of hydrogen-bond acceptors (Lipinski definition) is 12. The van der Waals surface area contributed by atoms with Crippen LogP contribution in [-0.4, -0.2) is 114 Å². The topological polar surface area (TPSA) is 207 Å². The van der Waals surface area contributed by atoms with Gasteiger partial charge in [-0.3, -0.25) is 4.79 Å². The molecule has 5 aliphatic carbocycles. The quantitative estimate of drug-likeness (QED) is 0.185. The van der Waals surface area contributed by atoms with Crippen LogP contribution in [0.25, 0.3) is 0 Å². The molecule has 0 radical (unpaired) electrons. The van der Waals surface area contributed by atoms with E-state index in [1.54, 1.807) is 6.92 Å². The minimum Gasteiger partial charge on any atom is -0.432 e. The Morgan fingerprint density at radius 1 is 0.837 bits per heavy atom. The predicted octanol–water partition coefficient (Wildman–Crippen LogP) is 1.21. The van der Waals surface area contributed by atoms with Crippen LogP contribution in [0.1, 0.15) is 99.3 Å². The average molecular weight is 697 g/mol. The van der Waals surface area contributed by atoms with E-state index in [1.807, 2.05) is 13.8 Å². The van der Waals surface area contributed by atoms with Gasteiger partial charge in [-0.15, -0.1) is 0 Å². The van der Waals surface area contributed by atoms with Gasteiger partial charge in [0.15, 0.2) is 6.29 Å². The number of aliphatic hydroxyl groups excluding tert-OH is 7. The maximum atomic E-state index is 14.1. The van der Waals surface area contributed by atoms with Gasteiger partial charge >= 0.3 is 5.97 Å². The van der Waals surface area contributed by atoms with Crippen molar-refractivity contribution in [3.63, 3.8) is 0 Å². The van der Waals surface area contributed by atoms with Crippen molar-refractivity contribution in [3.05, 3.63) is 0 Å². The van der Waals surface area contributed by atoms with Crippen LogP contribution < -0.4 is 0 Å². The van der Waals surface area contributed by atoms with Gasteiger partial charge in [0.1, 0.15) is 30.0 Å². The van der Waals surface area contributed by atoms with Crippen molar-refractivity contribution in [1.82, 2.24) is 0 Å². The third-order valence-corrected chi connectivity index (χ3v) is 16.8. The van der Waals surface area contributed by atoms with Gasteiger partial charge < -0.3 is 55.1 Å². The second kappa shape index (κ2) is 11.5. The molecular weight excluding hydrogens is 636 g/mol. The second-order valence-electron chi connectivity index (χ2n) is 18.4. The summed E-state index contributed by atoms with van der Waals surface area (Å²) in [5, 5.41) is 86.1. The van der Waals surface area contributed by atoms with E-state index >= 15 is 0 Å². The molecule has 12 heteroatoms. The number of carbonyl (C=O) groups excluding carboxylic acids is 1. The monoisotopic (exact) mass is 696 g/mol. The Kier molecular flexibility index (Phi) is 8.57. The van der Waals surface area contributed by atoms with Gasteiger partial charge in [-0.25, -0.2) is 0 Å². The molecule has 280 valence electrons. The Morgan fingerprint density at radius 3 is 2.14 bits per heavy atom. The summed E-state index contributed by atoms with van der Waals surface area (Å²) in [5.74, 6) is -0.568. The lowest BCUT2D eigenvalue weighted by atomic mass is 9.41. The lowest BCUT2D eigenvalue weighted by Crippen LogP contribution is -2.65. The average Bonchev–Trinajstić information content (AvgIpc) is 3.54. The van der Waals surface area contributed by atoms with Crippen molar-refractivity contribution in [3.8, 4) is 0 Å². The van der Waals surface area contributed by atoms with Gasteiger partial charge in [0.2, 0.25) is 6.29 Å². The molecule has 0 amide bonds. The number of carbonyl (C=O) groups is 1. The number of aliphatic hydroxyl groups is 8. The van der Waals surface area contributed by atoms with Crippen LogP contribution >= 0.6 is 0 Å². The van der Waals surface area contributed by atoms with Crippen LogP contribution in [0, 0.1) is 56.7 Å². The normalized spacial score (nSPS) is 58.7. The smallest absolute Gasteiger partial charge is 0.317 e. The van der Waals surface area contributed by atoms with E-state index in [1.165, 1.54) is 0 Å². The van der Waals surface area contributed by atoms with Crippen LogP contribution in [0.3, 0.4) is 0 Å². The summed E-state index contributed by atoms with van der Waals surface area (Å²) < 4.78 is 17.3. The summed E-state index contributed by atoms with van der Waals surface area (Å²) in [6.45, 7) is 11.9. The van der Waals surface area contributed by atoms with Crippen LogP contribution in [-0.2, 0) is 19.0 Å². The zero-order valence-electron chi connectivity index (χ0n) is 29.9. The third kappa shape index (κ3) is 4.48. The summed E-state index contributed by atoms with van der Waals surface area (Å²) in [6.07, 6.45) is -4.93. The van der Waals surface area contributed by atoms with Crippen molar-refractivity contribution in [2.75, 3.05) is 6.61 Å². The molecular formula is C37H60O12. The van der Waals surface area contributed by atoms with Crippen molar-refractivity contribution < 1.29 is 59.9 Å². The number of ether oxygens (including phenoxy) is 3. The third-order valence-electron chi connectivity index (χ3n) is 16.8. The molecule has 12 nitrogen and oxygen atoms in total. The lowest BCUT2D eigenvalue weighted by molar-refractivity contribution is -0.300. The number of esters is 1. The highest BCUT2D eigenvalue weighted by Gasteiger charge is 2.86. The molecule has 7 aliphatic rings. The summed E-state index contributed by atoms with van der Waals surface area (Å²) in [6, 6.07) is 0. The molecule has 2 aliphatic heterocycles. The summed E-state index contributed by atoms with van der Waals surface area (Å²) in [7, 11) is 0. The zero-order chi connectivity index (χ0) is 35.9. The fourth-order valence-corrected chi connectivity index (χ4v) is 13.5. The first kappa shape index (κ1) is 36.4. The van der Waals surface area contributed by atoms with E-state index in [-0.39, 0.29) is 40.6 Å². The molecule has 2 saturated heterocycles. The van der Waals surface area contributed by atoms with E-state index in [4.69, 9.17) is 14.2 Å². The van der Waals surface area contributed by atoms with Crippen LogP contribution in [0.2, 0.25) is 0 Å². The van der Waals surface area contributed by atoms with Gasteiger partial charge in [0.05, 0.1) is 30.3 Å². The Balaban J connectivity index is 1.14. The highest BCUT2D eigenvalue weighted by atomic mass is 16.7. The fourth-order valence-electron chi connectivity index (χ4n) is 13.5. The minimum absolute atomic E-state index is 0.0129. The van der Waals surface area contributed by atoms with E-state index in [0.29, 0.717) is 24.7 Å². The first-order chi connectivity index (χ1) is 22.8. The first-order valence-corrected chi connectivity index (χ1v) is 18.7. The highest BCUT2D eigenvalue weighted by Crippen LogP contribution is 2.89. The van der Waals surface area contributed by atoms with Crippen LogP contribution in [0.4, 0.5) is 0 Å². The molecule has 2 spiro atoms. The highest BCUT2D eigenvalue weighted by molar-refractivity contribution is 5.78. The molecule has 0 aromatic carbocycles. The molecule has 49 heavy (non-hydrogen) atoms. The molecule has 8 N–H and O–H groups in total. The van der Waals surface area contributed by atoms with Gasteiger partial charge in [-0.1, -0.05) is 34.6 Å². The number of rotatable bonds is 6. The summed E-state index contributed by atoms with van der Waals surface area (Å²) in [5.41, 5.74) is -3.56. The predicted molar refractivity (Wildman–Crippen MR) is 173 cm³/mol. The number of hydrogen-bond donors (Lipinski definition) is 8. The molecule has 0 aromatic heterocycles. The summed E-state index contributed by atoms with van der Waals surface area (Å²) >= 11 is 0. The Hall–Kier alpha value is -0.930. The molecule has 19 atom stereocenters. The first-order valence-electron chi connectivity index (χ1n) is 18.7. The SMILES string of the molecule is CC(C)[C@@]1(O)C[C@H]([C@H](C)[C@H]2CC[C@@]3(C)[C@@H]4CC[C@H]5[C@](C)(C(=O)O[C@@H]6O[C@H](CO)[C@@H](O)[C@H](O)[C@H]6O)[C@@H](O)C[C@H](O)[C@@]56C[C@@]46CC[C@]23C)O[C@H]1O. The molecule has 7 fully saturated rings. The van der Waals surface area contributed by atoms with Crippen molar-refractivity contribution in [2.24, 2.45) is 56.7 Å². The van der Waals surface area contributed by atoms with E-state index < -0.39 is 84.1 Å². The lowest BCUT2D eigenvalue weighted by Gasteiger charge is -2.64. The Morgan fingerprint density at radius 2 is 1.51 bits per heavy atom. The van der Waals surface area contributed by atoms with E-state index in [0.717, 1.165) is 38.5 Å². The van der Waals surface area contributed by atoms with E-state index in [9.17, 15) is 45.6 Å². The Bertz CT molecular complexity index is 1310. The fraction of sp³-hybridized carbons (Fsp3) is 0.973. The van der Waals surface area contributed by atoms with Gasteiger partial charge in [-0.2, -0.15) is 0 Å². The molecule has 7 rings (SSSR count). The maximum Gasteiger partial charge on any atom is 0.317 e. The van der Waals surface area contributed by atoms with Crippen molar-refractivity contribution in [2.45, 2.75) is 160 Å². The second-order valence-corrected chi connectivity index (χ2v) is 18.4.